The zero-order chi connectivity index (χ0) is 19.5. The summed E-state index contributed by atoms with van der Waals surface area (Å²) >= 11 is 0. The second-order valence-corrected chi connectivity index (χ2v) is 7.36. The number of hydrogen-bond donors (Lipinski definition) is 2. The van der Waals surface area contributed by atoms with Gasteiger partial charge in [0, 0.05) is 0 Å². The van der Waals surface area contributed by atoms with E-state index in [2.05, 4.69) is 6.92 Å². The van der Waals surface area contributed by atoms with Crippen LogP contribution < -0.4 is 0 Å². The van der Waals surface area contributed by atoms with E-state index in [0.717, 1.165) is 12.8 Å². The molecule has 1 unspecified atom stereocenters. The summed E-state index contributed by atoms with van der Waals surface area (Å²) in [5, 5.41) is 17.6. The Morgan fingerprint density at radius 1 is 0.741 bits per heavy atom. The van der Waals surface area contributed by atoms with Crippen molar-refractivity contribution in [2.75, 3.05) is 0 Å². The molecule has 0 heterocycles. The first-order valence-corrected chi connectivity index (χ1v) is 10.7. The molecule has 0 aliphatic heterocycles. The van der Waals surface area contributed by atoms with E-state index in [4.69, 9.17) is 10.2 Å². The van der Waals surface area contributed by atoms with Crippen molar-refractivity contribution < 1.29 is 19.8 Å². The third-order valence-corrected chi connectivity index (χ3v) is 4.80. The van der Waals surface area contributed by atoms with Crippen molar-refractivity contribution in [2.24, 2.45) is 5.92 Å². The van der Waals surface area contributed by atoms with E-state index in [1.54, 1.807) is 0 Å². The number of carboxylic acid groups (broad SMARTS) is 2. The Kier molecular flexibility index (Phi) is 23.5. The number of allylic oxidation sites excluding steroid dienone is 1. The number of carboxylic acids is 2. The van der Waals surface area contributed by atoms with Crippen LogP contribution >= 0.6 is 0 Å². The molecule has 27 heavy (non-hydrogen) atoms. The Balaban J connectivity index is 0. The van der Waals surface area contributed by atoms with Gasteiger partial charge in [0.1, 0.15) is 0 Å². The minimum atomic E-state index is -1.07. The molecule has 4 nitrogen and oxygen atoms in total. The van der Waals surface area contributed by atoms with Gasteiger partial charge in [0.05, 0.1) is 12.3 Å². The topological polar surface area (TPSA) is 74.6 Å². The quantitative estimate of drug-likeness (QED) is 0.162. The Bertz CT molecular complexity index is 383. The molecule has 0 aromatic carbocycles. The first-order valence-electron chi connectivity index (χ1n) is 10.7. The predicted octanol–water partition coefficient (Wildman–Crippen LogP) is 5.94. The normalized spacial score (nSPS) is 12.0. The van der Waals surface area contributed by atoms with Gasteiger partial charge >= 0.3 is 41.5 Å². The Labute approximate surface area is 188 Å². The summed E-state index contributed by atoms with van der Waals surface area (Å²) in [4.78, 5) is 21.5. The van der Waals surface area contributed by atoms with Crippen LogP contribution in [0.2, 0.25) is 0 Å². The number of aliphatic carboxylic acids is 2. The second-order valence-electron chi connectivity index (χ2n) is 7.36. The molecular weight excluding hydrogens is 351 g/mol. The van der Waals surface area contributed by atoms with Crippen molar-refractivity contribution in [3.05, 3.63) is 12.2 Å². The van der Waals surface area contributed by atoms with Crippen molar-refractivity contribution in [3.8, 4) is 0 Å². The Morgan fingerprint density at radius 3 is 1.52 bits per heavy atom. The molecule has 0 rings (SSSR count). The van der Waals surface area contributed by atoms with Gasteiger partial charge in [0.25, 0.3) is 0 Å². The van der Waals surface area contributed by atoms with Crippen molar-refractivity contribution >= 4 is 41.5 Å². The maximum absolute atomic E-state index is 10.9. The summed E-state index contributed by atoms with van der Waals surface area (Å²) in [6, 6.07) is 0. The molecule has 0 fully saturated rings. The van der Waals surface area contributed by atoms with E-state index in [0.29, 0.717) is 0 Å². The van der Waals surface area contributed by atoms with Gasteiger partial charge in [-0.2, -0.15) is 0 Å². The van der Waals surface area contributed by atoms with Gasteiger partial charge in [0.15, 0.2) is 0 Å². The van der Waals surface area contributed by atoms with Crippen LogP contribution in [0.4, 0.5) is 0 Å². The van der Waals surface area contributed by atoms with Crippen LogP contribution in [-0.2, 0) is 9.59 Å². The van der Waals surface area contributed by atoms with Crippen LogP contribution in [0.15, 0.2) is 12.2 Å². The van der Waals surface area contributed by atoms with E-state index in [-0.39, 0.29) is 36.0 Å². The third kappa shape index (κ3) is 21.8. The summed E-state index contributed by atoms with van der Waals surface area (Å²) in [6.07, 6.45) is 22.3. The van der Waals surface area contributed by atoms with Crippen LogP contribution in [0.3, 0.4) is 0 Å². The van der Waals surface area contributed by atoms with E-state index in [9.17, 15) is 9.59 Å². The molecule has 0 aliphatic rings. The summed E-state index contributed by atoms with van der Waals surface area (Å²) in [5.74, 6) is -3.04. The molecule has 0 aromatic heterocycles. The summed E-state index contributed by atoms with van der Waals surface area (Å²) in [7, 11) is 0. The molecule has 0 saturated heterocycles. The molecule has 0 spiro atoms. The van der Waals surface area contributed by atoms with Gasteiger partial charge in [-0.1, -0.05) is 103 Å². The van der Waals surface area contributed by atoms with E-state index in [1.807, 2.05) is 6.08 Å². The van der Waals surface area contributed by atoms with Crippen molar-refractivity contribution in [1.82, 2.24) is 0 Å². The first-order chi connectivity index (χ1) is 12.6. The van der Waals surface area contributed by atoms with Gasteiger partial charge in [-0.3, -0.25) is 9.59 Å². The van der Waals surface area contributed by atoms with Crippen molar-refractivity contribution in [3.63, 3.8) is 0 Å². The van der Waals surface area contributed by atoms with Crippen LogP contribution in [0.25, 0.3) is 0 Å². The van der Waals surface area contributed by atoms with Crippen LogP contribution in [0.1, 0.15) is 110 Å². The second kappa shape index (κ2) is 22.0. The number of hydrogen-bond acceptors (Lipinski definition) is 2. The summed E-state index contributed by atoms with van der Waals surface area (Å²) in [5.41, 5.74) is 0. The van der Waals surface area contributed by atoms with Crippen LogP contribution in [0.5, 0.6) is 0 Å². The van der Waals surface area contributed by atoms with Gasteiger partial charge in [-0.05, 0) is 12.8 Å². The molecule has 0 radical (unpaired) electrons. The fourth-order valence-electron chi connectivity index (χ4n) is 3.14. The van der Waals surface area contributed by atoms with E-state index >= 15 is 0 Å². The molecule has 5 heteroatoms. The maximum atomic E-state index is 10.9. The Hall–Kier alpha value is -0.320. The van der Waals surface area contributed by atoms with Gasteiger partial charge in [0.2, 0.25) is 0 Å². The van der Waals surface area contributed by atoms with Gasteiger partial charge < -0.3 is 10.2 Å². The molecule has 2 N–H and O–H groups in total. The van der Waals surface area contributed by atoms with E-state index in [1.165, 1.54) is 89.5 Å². The number of carbonyl (C=O) groups is 2. The molecule has 0 saturated carbocycles. The zero-order valence-electron chi connectivity index (χ0n) is 16.8. The molecule has 1 atom stereocenters. The average Bonchev–Trinajstić information content (AvgIpc) is 2.59. The van der Waals surface area contributed by atoms with Crippen LogP contribution in [-0.4, -0.2) is 51.7 Å². The molecular formula is C22H41NaO4. The average molecular weight is 393 g/mol. The fraction of sp³-hybridized carbons (Fsp3) is 0.818. The molecule has 154 valence electrons. The summed E-state index contributed by atoms with van der Waals surface area (Å²) in [6.45, 7) is 2.26. The standard InChI is InChI=1S/C22H40O4.Na.H/c1-2-3-4-5-6-7-8-9-10-11-12-13-14-15-16-17-18-20(22(25)26)19-21(23)24;;/h17-18,20H,2-16,19H2,1H3,(H,23,24)(H,25,26);;. The number of rotatable bonds is 19. The molecule has 0 bridgehead atoms. The first kappa shape index (κ1) is 28.9. The summed E-state index contributed by atoms with van der Waals surface area (Å²) < 4.78 is 0. The van der Waals surface area contributed by atoms with Crippen LogP contribution in [0, 0.1) is 5.92 Å². The van der Waals surface area contributed by atoms with Gasteiger partial charge in [-0.25, -0.2) is 0 Å². The molecule has 0 amide bonds. The molecule has 0 aliphatic carbocycles. The fourth-order valence-corrected chi connectivity index (χ4v) is 3.14. The third-order valence-electron chi connectivity index (χ3n) is 4.80. The predicted molar refractivity (Wildman–Crippen MR) is 115 cm³/mol. The van der Waals surface area contributed by atoms with Crippen molar-refractivity contribution in [2.45, 2.75) is 110 Å². The minimum absolute atomic E-state index is 0. The van der Waals surface area contributed by atoms with Gasteiger partial charge in [-0.15, -0.1) is 0 Å². The Morgan fingerprint density at radius 2 is 1.15 bits per heavy atom. The van der Waals surface area contributed by atoms with E-state index < -0.39 is 17.9 Å². The SMILES string of the molecule is CCCCCCCCCCCCCCCCC=CC(CC(=O)O)C(=O)O.[NaH]. The molecule has 0 aromatic rings. The zero-order valence-corrected chi connectivity index (χ0v) is 16.8. The number of unbranched alkanes of at least 4 members (excludes halogenated alkanes) is 14. The monoisotopic (exact) mass is 392 g/mol. The van der Waals surface area contributed by atoms with Crippen molar-refractivity contribution in [1.29, 1.82) is 0 Å².